The van der Waals surface area contributed by atoms with Gasteiger partial charge in [0.05, 0.1) is 6.26 Å². The Bertz CT molecular complexity index is 251. The highest BCUT2D eigenvalue weighted by molar-refractivity contribution is 4.98. The van der Waals surface area contributed by atoms with Crippen LogP contribution in [0, 0.1) is 0 Å². The van der Waals surface area contributed by atoms with Crippen LogP contribution in [0.2, 0.25) is 0 Å². The van der Waals surface area contributed by atoms with Gasteiger partial charge in [0.2, 0.25) is 0 Å². The number of hydrogen-bond acceptors (Lipinski definition) is 3. The van der Waals surface area contributed by atoms with Gasteiger partial charge < -0.3 is 15.1 Å². The molecule has 84 valence electrons. The maximum Gasteiger partial charge on any atom is 0.105 e. The predicted molar refractivity (Wildman–Crippen MR) is 60.9 cm³/mol. The van der Waals surface area contributed by atoms with E-state index in [9.17, 15) is 0 Å². The first-order valence-corrected chi connectivity index (χ1v) is 5.91. The molecule has 0 spiro atoms. The normalized spacial score (nSPS) is 22.5. The van der Waals surface area contributed by atoms with Crippen molar-refractivity contribution in [1.29, 1.82) is 0 Å². The van der Waals surface area contributed by atoms with Gasteiger partial charge in [0.1, 0.15) is 5.76 Å². The molecular formula is C12H20N2O. The third-order valence-corrected chi connectivity index (χ3v) is 2.96. The van der Waals surface area contributed by atoms with Crippen molar-refractivity contribution >= 4 is 0 Å². The van der Waals surface area contributed by atoms with E-state index in [0.29, 0.717) is 6.04 Å². The summed E-state index contributed by atoms with van der Waals surface area (Å²) in [6, 6.07) is 4.68. The van der Waals surface area contributed by atoms with E-state index in [-0.39, 0.29) is 0 Å². The van der Waals surface area contributed by atoms with E-state index in [2.05, 4.69) is 10.6 Å². The smallest absolute Gasteiger partial charge is 0.105 e. The van der Waals surface area contributed by atoms with E-state index in [1.54, 1.807) is 6.26 Å². The molecule has 1 aromatic heterocycles. The molecule has 2 rings (SSSR count). The van der Waals surface area contributed by atoms with Crippen molar-refractivity contribution in [3.8, 4) is 0 Å². The van der Waals surface area contributed by atoms with Gasteiger partial charge in [0, 0.05) is 19.0 Å². The van der Waals surface area contributed by atoms with Gasteiger partial charge in [-0.15, -0.1) is 0 Å². The highest BCUT2D eigenvalue weighted by Gasteiger charge is 2.10. The second-order valence-corrected chi connectivity index (χ2v) is 4.16. The molecule has 2 heterocycles. The molecule has 1 atom stereocenters. The minimum atomic E-state index is 0.690. The minimum Gasteiger partial charge on any atom is -0.469 e. The zero-order chi connectivity index (χ0) is 10.3. The standard InChI is InChI=1S/C12H20N2O/c1-3-11(5-8-13-7-1)14-9-6-12-4-2-10-15-12/h2,4,10-11,13-14H,1,3,5-9H2. The van der Waals surface area contributed by atoms with Crippen molar-refractivity contribution in [1.82, 2.24) is 10.6 Å². The number of nitrogens with one attached hydrogen (secondary N) is 2. The molecule has 1 fully saturated rings. The molecule has 3 nitrogen and oxygen atoms in total. The van der Waals surface area contributed by atoms with Gasteiger partial charge in [-0.25, -0.2) is 0 Å². The summed E-state index contributed by atoms with van der Waals surface area (Å²) in [4.78, 5) is 0. The number of hydrogen-bond donors (Lipinski definition) is 2. The first-order valence-electron chi connectivity index (χ1n) is 5.91. The Balaban J connectivity index is 1.64. The first-order chi connectivity index (χ1) is 7.45. The highest BCUT2D eigenvalue weighted by atomic mass is 16.3. The van der Waals surface area contributed by atoms with Gasteiger partial charge in [-0.2, -0.15) is 0 Å². The molecule has 0 radical (unpaired) electrons. The Kier molecular flexibility index (Phi) is 4.23. The summed E-state index contributed by atoms with van der Waals surface area (Å²) in [5.41, 5.74) is 0. The van der Waals surface area contributed by atoms with Crippen LogP contribution in [0.1, 0.15) is 25.0 Å². The molecule has 1 unspecified atom stereocenters. The van der Waals surface area contributed by atoms with Crippen molar-refractivity contribution in [2.45, 2.75) is 31.7 Å². The van der Waals surface area contributed by atoms with E-state index >= 15 is 0 Å². The van der Waals surface area contributed by atoms with Crippen molar-refractivity contribution in [3.63, 3.8) is 0 Å². The zero-order valence-electron chi connectivity index (χ0n) is 9.17. The van der Waals surface area contributed by atoms with Gasteiger partial charge in [-0.05, 0) is 44.5 Å². The van der Waals surface area contributed by atoms with E-state index in [0.717, 1.165) is 25.3 Å². The largest absolute Gasteiger partial charge is 0.469 e. The molecule has 1 aromatic rings. The molecule has 2 N–H and O–H groups in total. The van der Waals surface area contributed by atoms with Crippen LogP contribution in [-0.2, 0) is 6.42 Å². The summed E-state index contributed by atoms with van der Waals surface area (Å²) >= 11 is 0. The van der Waals surface area contributed by atoms with E-state index < -0.39 is 0 Å². The molecule has 0 bridgehead atoms. The Labute approximate surface area is 91.2 Å². The van der Waals surface area contributed by atoms with Gasteiger partial charge in [0.15, 0.2) is 0 Å². The van der Waals surface area contributed by atoms with Crippen molar-refractivity contribution < 1.29 is 4.42 Å². The van der Waals surface area contributed by atoms with E-state index in [1.807, 2.05) is 12.1 Å². The van der Waals surface area contributed by atoms with Crippen molar-refractivity contribution in [2.24, 2.45) is 0 Å². The second-order valence-electron chi connectivity index (χ2n) is 4.16. The summed E-state index contributed by atoms with van der Waals surface area (Å²) < 4.78 is 5.30. The summed E-state index contributed by atoms with van der Waals surface area (Å²) in [5.74, 6) is 1.08. The monoisotopic (exact) mass is 208 g/mol. The highest BCUT2D eigenvalue weighted by Crippen LogP contribution is 2.05. The van der Waals surface area contributed by atoms with E-state index in [1.165, 1.54) is 25.8 Å². The first kappa shape index (κ1) is 10.7. The quantitative estimate of drug-likeness (QED) is 0.788. The Morgan fingerprint density at radius 3 is 3.27 bits per heavy atom. The molecule has 1 saturated heterocycles. The molecular weight excluding hydrogens is 188 g/mol. The van der Waals surface area contributed by atoms with Crippen LogP contribution < -0.4 is 10.6 Å². The van der Waals surface area contributed by atoms with Gasteiger partial charge in [-0.1, -0.05) is 0 Å². The van der Waals surface area contributed by atoms with Crippen LogP contribution >= 0.6 is 0 Å². The molecule has 0 saturated carbocycles. The summed E-state index contributed by atoms with van der Waals surface area (Å²) in [6.45, 7) is 3.35. The van der Waals surface area contributed by atoms with Crippen molar-refractivity contribution in [2.75, 3.05) is 19.6 Å². The zero-order valence-corrected chi connectivity index (χ0v) is 9.17. The van der Waals surface area contributed by atoms with Gasteiger partial charge >= 0.3 is 0 Å². The Morgan fingerprint density at radius 1 is 1.40 bits per heavy atom. The molecule has 1 aliphatic rings. The fourth-order valence-corrected chi connectivity index (χ4v) is 2.08. The molecule has 0 amide bonds. The SMILES string of the molecule is c1coc(CCNC2CCCNCC2)c1. The van der Waals surface area contributed by atoms with Crippen LogP contribution in [0.25, 0.3) is 0 Å². The fourth-order valence-electron chi connectivity index (χ4n) is 2.08. The van der Waals surface area contributed by atoms with Crippen LogP contribution in [0.3, 0.4) is 0 Å². The molecule has 0 aromatic carbocycles. The fraction of sp³-hybridized carbons (Fsp3) is 0.667. The maximum atomic E-state index is 5.30. The second kappa shape index (κ2) is 5.93. The minimum absolute atomic E-state index is 0.690. The van der Waals surface area contributed by atoms with Crippen LogP contribution in [0.15, 0.2) is 22.8 Å². The lowest BCUT2D eigenvalue weighted by atomic mass is 10.1. The third kappa shape index (κ3) is 3.68. The molecule has 15 heavy (non-hydrogen) atoms. The number of rotatable bonds is 4. The average molecular weight is 208 g/mol. The molecule has 0 aliphatic carbocycles. The number of furan rings is 1. The Morgan fingerprint density at radius 2 is 2.40 bits per heavy atom. The van der Waals surface area contributed by atoms with Crippen LogP contribution in [-0.4, -0.2) is 25.7 Å². The maximum absolute atomic E-state index is 5.30. The third-order valence-electron chi connectivity index (χ3n) is 2.96. The lowest BCUT2D eigenvalue weighted by Gasteiger charge is -2.15. The van der Waals surface area contributed by atoms with Crippen LogP contribution in [0.4, 0.5) is 0 Å². The lowest BCUT2D eigenvalue weighted by Crippen LogP contribution is -2.31. The Hall–Kier alpha value is -0.800. The lowest BCUT2D eigenvalue weighted by molar-refractivity contribution is 0.448. The topological polar surface area (TPSA) is 37.2 Å². The summed E-state index contributed by atoms with van der Waals surface area (Å²) in [7, 11) is 0. The molecule has 1 aliphatic heterocycles. The average Bonchev–Trinajstić information content (AvgIpc) is 2.62. The van der Waals surface area contributed by atoms with Crippen LogP contribution in [0.5, 0.6) is 0 Å². The van der Waals surface area contributed by atoms with Gasteiger partial charge in [-0.3, -0.25) is 0 Å². The van der Waals surface area contributed by atoms with Crippen molar-refractivity contribution in [3.05, 3.63) is 24.2 Å². The summed E-state index contributed by atoms with van der Waals surface area (Å²) in [6.07, 6.45) is 6.57. The predicted octanol–water partition coefficient (Wildman–Crippen LogP) is 1.55. The van der Waals surface area contributed by atoms with Gasteiger partial charge in [0.25, 0.3) is 0 Å². The van der Waals surface area contributed by atoms with E-state index in [4.69, 9.17) is 4.42 Å². The molecule has 3 heteroatoms. The summed E-state index contributed by atoms with van der Waals surface area (Å²) in [5, 5.41) is 7.02.